The second-order valence-electron chi connectivity index (χ2n) is 25.7. The summed E-state index contributed by atoms with van der Waals surface area (Å²) in [5, 5.41) is 26.9. The van der Waals surface area contributed by atoms with Gasteiger partial charge in [0, 0.05) is 63.8 Å². The number of aliphatic carboxylic acids is 1. The Balaban J connectivity index is 1.80. The summed E-state index contributed by atoms with van der Waals surface area (Å²) >= 11 is 0. The van der Waals surface area contributed by atoms with E-state index in [9.17, 15) is 29.1 Å². The van der Waals surface area contributed by atoms with Crippen LogP contribution in [-0.4, -0.2) is 280 Å². The second kappa shape index (κ2) is 60.3. The van der Waals surface area contributed by atoms with Crippen LogP contribution in [0.5, 0.6) is 0 Å². The number of aryl methyl sites for hydroxylation is 1. The smallest absolute Gasteiger partial charge is 0.326 e. The van der Waals surface area contributed by atoms with Crippen molar-refractivity contribution in [3.63, 3.8) is 0 Å². The number of ketones is 1. The minimum absolute atomic E-state index is 0.0143. The fourth-order valence-corrected chi connectivity index (χ4v) is 9.69. The molecule has 0 aliphatic heterocycles. The van der Waals surface area contributed by atoms with Crippen LogP contribution >= 0.6 is 0 Å². The number of hydrogen-bond acceptors (Lipinski definition) is 21. The number of carboxylic acids is 1. The lowest BCUT2D eigenvalue weighted by atomic mass is 9.83. The zero-order valence-corrected chi connectivity index (χ0v) is 59.9. The highest BCUT2D eigenvalue weighted by atomic mass is 16.6. The van der Waals surface area contributed by atoms with Crippen LogP contribution in [0.2, 0.25) is 0 Å². The summed E-state index contributed by atoms with van der Waals surface area (Å²) in [7, 11) is 5.20. The van der Waals surface area contributed by atoms with Crippen molar-refractivity contribution in [3.05, 3.63) is 5.82 Å². The zero-order valence-electron chi connectivity index (χ0n) is 59.9. The lowest BCUT2D eigenvalue weighted by molar-refractivity contribution is -0.149. The van der Waals surface area contributed by atoms with Gasteiger partial charge in [0.25, 0.3) is 0 Å². The van der Waals surface area contributed by atoms with Crippen molar-refractivity contribution in [3.8, 4) is 0 Å². The number of amides is 3. The van der Waals surface area contributed by atoms with Gasteiger partial charge in [-0.2, -0.15) is 5.21 Å². The van der Waals surface area contributed by atoms with E-state index in [2.05, 4.69) is 51.6 Å². The molecule has 0 aliphatic rings. The lowest BCUT2D eigenvalue weighted by Crippen LogP contribution is -2.51. The molecule has 0 bridgehead atoms. The molecule has 2 atom stereocenters. The Hall–Kier alpha value is -3.90. The Bertz CT molecular complexity index is 1950. The van der Waals surface area contributed by atoms with Gasteiger partial charge < -0.3 is 77.1 Å². The van der Waals surface area contributed by atoms with Gasteiger partial charge in [-0.15, -0.1) is 10.2 Å². The van der Waals surface area contributed by atoms with E-state index >= 15 is 0 Å². The quantitative estimate of drug-likeness (QED) is 0.0526. The molecule has 1 aromatic heterocycles. The van der Waals surface area contributed by atoms with Gasteiger partial charge in [-0.3, -0.25) is 24.1 Å². The van der Waals surface area contributed by atoms with Crippen molar-refractivity contribution in [2.24, 2.45) is 5.41 Å². The maximum Gasteiger partial charge on any atom is 0.326 e. The van der Waals surface area contributed by atoms with Crippen molar-refractivity contribution < 1.29 is 85.9 Å². The van der Waals surface area contributed by atoms with E-state index in [0.717, 1.165) is 63.6 Å². The van der Waals surface area contributed by atoms with E-state index in [1.165, 1.54) is 81.1 Å². The maximum absolute atomic E-state index is 13.1. The fourth-order valence-electron chi connectivity index (χ4n) is 9.69. The predicted molar refractivity (Wildman–Crippen MR) is 360 cm³/mol. The summed E-state index contributed by atoms with van der Waals surface area (Å²) in [6, 6.07) is -1.20. The van der Waals surface area contributed by atoms with Crippen molar-refractivity contribution >= 4 is 29.5 Å². The fraction of sp³-hybridized carbons (Fsp3) is 0.912. The third-order valence-electron chi connectivity index (χ3n) is 15.8. The van der Waals surface area contributed by atoms with Crippen LogP contribution in [0.4, 0.5) is 0 Å². The number of ether oxygens (including phenoxy) is 12. The van der Waals surface area contributed by atoms with E-state index in [1.807, 2.05) is 27.8 Å². The van der Waals surface area contributed by atoms with Gasteiger partial charge in [-0.05, 0) is 66.3 Å². The summed E-state index contributed by atoms with van der Waals surface area (Å²) < 4.78 is 66.6. The number of carboxylic acid groups (broad SMARTS) is 1. The van der Waals surface area contributed by atoms with Gasteiger partial charge in [-0.25, -0.2) is 4.79 Å². The number of likely N-dealkylation sites (N-methyl/N-ethyl adjacent to an activating group) is 3. The van der Waals surface area contributed by atoms with Crippen LogP contribution in [0.1, 0.15) is 189 Å². The molecular weight excluding hydrogens is 1220 g/mol. The number of nitrogens with zero attached hydrogens (tertiary/aromatic N) is 6. The first kappa shape index (κ1) is 88.1. The number of nitrogens with one attached hydrogen (secondary N) is 2. The highest BCUT2D eigenvalue weighted by Gasteiger charge is 2.36. The first-order valence-electron chi connectivity index (χ1n) is 35.3. The molecule has 0 saturated heterocycles. The molecule has 0 fully saturated rings. The Labute approximate surface area is 564 Å². The molecule has 0 spiro atoms. The predicted octanol–water partition coefficient (Wildman–Crippen LogP) is 7.72. The maximum atomic E-state index is 13.1. The SMILES string of the molecule is CN(CCOCCOCCOCCOCCOCCOCCOCCOCCOCCOCCOCCOCCC(=O)NCCCCC(C(=O)C(C)(C)C)N(C)C(C)(C)C)C(=O)CC[C@@H](C(=O)O)N(C)C(=O)CCCCCCCCCCCCCCCCCc1nn[nH]n1. The standard InChI is InChI=1S/C68H130N8O18/c1-67(2,3)65(80)59(76(9)68(4,5)6)27-25-26-33-69-62(77)32-35-83-37-39-85-41-43-87-45-47-89-49-51-91-53-55-93-57-58-94-56-54-92-52-50-90-48-46-88-44-42-86-40-38-84-36-34-74(7)63(78)31-30-60(66(81)82)75(8)64(79)29-24-22-20-18-16-14-12-10-11-13-15-17-19-21-23-28-61-70-72-73-71-61/h59-60H,10-58H2,1-9H3,(H,69,77)(H,81,82)(H,70,71,72,73)/t59?,60-/m0/s1. The monoisotopic (exact) mass is 1350 g/mol. The molecule has 26 heteroatoms. The molecule has 0 aromatic carbocycles. The first-order valence-corrected chi connectivity index (χ1v) is 35.3. The molecule has 26 nitrogen and oxygen atoms in total. The van der Waals surface area contributed by atoms with Crippen LogP contribution in [-0.2, 0) is 87.2 Å². The van der Waals surface area contributed by atoms with E-state index < -0.39 is 17.4 Å². The number of hydrogen-bond donors (Lipinski definition) is 3. The largest absolute Gasteiger partial charge is 0.480 e. The van der Waals surface area contributed by atoms with Crippen molar-refractivity contribution in [2.75, 3.05) is 193 Å². The molecule has 3 amide bonds. The number of aromatic nitrogens is 4. The molecule has 1 heterocycles. The number of aromatic amines is 1. The number of carbonyl (C=O) groups is 5. The molecule has 550 valence electrons. The summed E-state index contributed by atoms with van der Waals surface area (Å²) in [4.78, 5) is 68.0. The molecule has 3 N–H and O–H groups in total. The van der Waals surface area contributed by atoms with E-state index in [4.69, 9.17) is 56.8 Å². The highest BCUT2D eigenvalue weighted by molar-refractivity contribution is 5.88. The average Bonchev–Trinajstić information content (AvgIpc) is 1.05. The van der Waals surface area contributed by atoms with Gasteiger partial charge in [0.05, 0.1) is 165 Å². The van der Waals surface area contributed by atoms with Crippen LogP contribution in [0, 0.1) is 5.41 Å². The molecule has 94 heavy (non-hydrogen) atoms. The van der Waals surface area contributed by atoms with Gasteiger partial charge in [0.2, 0.25) is 17.7 Å². The third-order valence-corrected chi connectivity index (χ3v) is 15.8. The number of rotatable bonds is 69. The summed E-state index contributed by atoms with van der Waals surface area (Å²) in [5.41, 5.74) is -0.519. The zero-order chi connectivity index (χ0) is 69.0. The minimum Gasteiger partial charge on any atom is -0.480 e. The number of H-pyrrole nitrogens is 1. The van der Waals surface area contributed by atoms with Gasteiger partial charge >= 0.3 is 5.97 Å². The average molecular weight is 1350 g/mol. The van der Waals surface area contributed by atoms with Crippen molar-refractivity contribution in [2.45, 2.75) is 207 Å². The lowest BCUT2D eigenvalue weighted by Gasteiger charge is -2.40. The third kappa shape index (κ3) is 52.3. The van der Waals surface area contributed by atoms with Crippen LogP contribution in [0.15, 0.2) is 0 Å². The number of tetrazole rings is 1. The first-order chi connectivity index (χ1) is 45.4. The topological polar surface area (TPSA) is 293 Å². The van der Waals surface area contributed by atoms with E-state index in [-0.39, 0.29) is 54.3 Å². The number of carbonyl (C=O) groups excluding carboxylic acids is 4. The highest BCUT2D eigenvalue weighted by Crippen LogP contribution is 2.27. The van der Waals surface area contributed by atoms with Gasteiger partial charge in [0.1, 0.15) is 6.04 Å². The Morgan fingerprint density at radius 2 is 0.809 bits per heavy atom. The van der Waals surface area contributed by atoms with Crippen LogP contribution in [0.25, 0.3) is 0 Å². The van der Waals surface area contributed by atoms with Gasteiger partial charge in [0.15, 0.2) is 11.6 Å². The number of unbranched alkanes of at least 4 members (excludes halogenated alkanes) is 15. The summed E-state index contributed by atoms with van der Waals surface area (Å²) in [5.74, 6) is -0.509. The van der Waals surface area contributed by atoms with Crippen LogP contribution in [0.3, 0.4) is 0 Å². The van der Waals surface area contributed by atoms with Crippen molar-refractivity contribution in [1.82, 2.24) is 40.6 Å². The molecule has 0 radical (unpaired) electrons. The van der Waals surface area contributed by atoms with E-state index in [1.54, 1.807) is 7.05 Å². The normalized spacial score (nSPS) is 12.6. The molecular formula is C68H130N8O18. The molecule has 1 rings (SSSR count). The van der Waals surface area contributed by atoms with Crippen LogP contribution < -0.4 is 5.32 Å². The summed E-state index contributed by atoms with van der Waals surface area (Å²) in [6.45, 7) is 23.5. The van der Waals surface area contributed by atoms with Crippen molar-refractivity contribution in [1.29, 1.82) is 0 Å². The molecule has 1 unspecified atom stereocenters. The Morgan fingerprint density at radius 1 is 0.436 bits per heavy atom. The molecule has 0 saturated carbocycles. The molecule has 1 aromatic rings. The second-order valence-corrected chi connectivity index (χ2v) is 25.7. The number of Topliss-reactive ketones (excluding diaryl/α,β-unsaturated/α-hetero) is 1. The Morgan fingerprint density at radius 3 is 1.17 bits per heavy atom. The van der Waals surface area contributed by atoms with Gasteiger partial charge in [-0.1, -0.05) is 109 Å². The molecule has 0 aliphatic carbocycles. The summed E-state index contributed by atoms with van der Waals surface area (Å²) in [6.07, 6.45) is 21.8. The minimum atomic E-state index is -1.11. The van der Waals surface area contributed by atoms with E-state index in [0.29, 0.717) is 178 Å². The Kier molecular flexibility index (Phi) is 56.5.